The molecule has 19 heavy (non-hydrogen) atoms. The highest BCUT2D eigenvalue weighted by Gasteiger charge is 2.15. The largest absolute Gasteiger partial charge is 0.392 e. The zero-order valence-corrected chi connectivity index (χ0v) is 10.5. The molecule has 1 atom stereocenters. The number of halogens is 2. The summed E-state index contributed by atoms with van der Waals surface area (Å²) in [5, 5.41) is 12.0. The molecule has 0 aromatic heterocycles. The van der Waals surface area contributed by atoms with Gasteiger partial charge in [0.2, 0.25) is 0 Å². The number of nitrogens with one attached hydrogen (secondary N) is 1. The average molecular weight is 263 g/mol. The highest BCUT2D eigenvalue weighted by atomic mass is 19.1. The van der Waals surface area contributed by atoms with Gasteiger partial charge in [0.1, 0.15) is 11.6 Å². The lowest BCUT2D eigenvalue weighted by Gasteiger charge is -2.17. The first kappa shape index (κ1) is 13.5. The molecule has 0 bridgehead atoms. The van der Waals surface area contributed by atoms with E-state index in [0.29, 0.717) is 0 Å². The third-order valence-corrected chi connectivity index (χ3v) is 2.95. The molecular weight excluding hydrogens is 248 g/mol. The van der Waals surface area contributed by atoms with E-state index in [4.69, 9.17) is 5.11 Å². The smallest absolute Gasteiger partial charge is 0.131 e. The first-order chi connectivity index (χ1) is 9.11. The van der Waals surface area contributed by atoms with E-state index in [2.05, 4.69) is 5.32 Å². The van der Waals surface area contributed by atoms with Gasteiger partial charge in [0, 0.05) is 11.3 Å². The van der Waals surface area contributed by atoms with Gasteiger partial charge in [-0.1, -0.05) is 18.2 Å². The minimum absolute atomic E-state index is 0.0220. The minimum atomic E-state index is -0.563. The monoisotopic (exact) mass is 263 g/mol. The van der Waals surface area contributed by atoms with Crippen LogP contribution in [0.5, 0.6) is 0 Å². The predicted octanol–water partition coefficient (Wildman–Crippen LogP) is 3.63. The Kier molecular flexibility index (Phi) is 4.12. The van der Waals surface area contributed by atoms with Crippen LogP contribution in [0.4, 0.5) is 14.5 Å². The summed E-state index contributed by atoms with van der Waals surface area (Å²) in [7, 11) is 0. The van der Waals surface area contributed by atoms with Gasteiger partial charge in [-0.05, 0) is 36.8 Å². The Balaban J connectivity index is 2.18. The molecule has 0 aliphatic carbocycles. The topological polar surface area (TPSA) is 32.3 Å². The Morgan fingerprint density at radius 3 is 2.16 bits per heavy atom. The summed E-state index contributed by atoms with van der Waals surface area (Å²) < 4.78 is 27.2. The van der Waals surface area contributed by atoms with Crippen molar-refractivity contribution in [3.05, 3.63) is 65.2 Å². The quantitative estimate of drug-likeness (QED) is 0.882. The van der Waals surface area contributed by atoms with Crippen LogP contribution in [-0.4, -0.2) is 5.11 Å². The standard InChI is InChI=1S/C15H15F2NO/c1-10(15-13(16)3-2-4-14(15)17)18-12-7-5-11(9-19)6-8-12/h2-8,10,18-19H,9H2,1H3. The second-order valence-electron chi connectivity index (χ2n) is 4.36. The third kappa shape index (κ3) is 3.09. The number of hydrogen-bond acceptors (Lipinski definition) is 2. The van der Waals surface area contributed by atoms with Gasteiger partial charge < -0.3 is 10.4 Å². The van der Waals surface area contributed by atoms with Crippen molar-refractivity contribution in [1.29, 1.82) is 0 Å². The highest BCUT2D eigenvalue weighted by Crippen LogP contribution is 2.24. The molecule has 0 fully saturated rings. The number of benzene rings is 2. The van der Waals surface area contributed by atoms with Crippen molar-refractivity contribution in [2.24, 2.45) is 0 Å². The molecule has 0 radical (unpaired) electrons. The van der Waals surface area contributed by atoms with E-state index < -0.39 is 17.7 Å². The van der Waals surface area contributed by atoms with Gasteiger partial charge >= 0.3 is 0 Å². The lowest BCUT2D eigenvalue weighted by molar-refractivity contribution is 0.282. The third-order valence-electron chi connectivity index (χ3n) is 2.95. The summed E-state index contributed by atoms with van der Waals surface area (Å²) in [5.74, 6) is -1.13. The van der Waals surface area contributed by atoms with E-state index in [0.717, 1.165) is 11.3 Å². The van der Waals surface area contributed by atoms with Gasteiger partial charge in [0.25, 0.3) is 0 Å². The Hall–Kier alpha value is -1.94. The van der Waals surface area contributed by atoms with Gasteiger partial charge in [-0.3, -0.25) is 0 Å². The first-order valence-electron chi connectivity index (χ1n) is 6.02. The van der Waals surface area contributed by atoms with Crippen molar-refractivity contribution >= 4 is 5.69 Å². The van der Waals surface area contributed by atoms with Crippen molar-refractivity contribution in [2.45, 2.75) is 19.6 Å². The van der Waals surface area contributed by atoms with Crippen LogP contribution < -0.4 is 5.32 Å². The molecule has 4 heteroatoms. The molecule has 0 aliphatic heterocycles. The normalized spacial score (nSPS) is 12.2. The van der Waals surface area contributed by atoms with E-state index >= 15 is 0 Å². The predicted molar refractivity (Wildman–Crippen MR) is 70.8 cm³/mol. The number of aliphatic hydroxyl groups is 1. The van der Waals surface area contributed by atoms with Crippen molar-refractivity contribution in [3.8, 4) is 0 Å². The minimum Gasteiger partial charge on any atom is -0.392 e. The molecule has 0 heterocycles. The molecule has 0 saturated heterocycles. The van der Waals surface area contributed by atoms with E-state index in [9.17, 15) is 8.78 Å². The number of rotatable bonds is 4. The molecule has 1 unspecified atom stereocenters. The van der Waals surface area contributed by atoms with Gasteiger partial charge in [0.15, 0.2) is 0 Å². The summed E-state index contributed by atoms with van der Waals surface area (Å²) in [6.45, 7) is 1.67. The van der Waals surface area contributed by atoms with Crippen LogP contribution in [0.3, 0.4) is 0 Å². The van der Waals surface area contributed by atoms with Crippen LogP contribution >= 0.6 is 0 Å². The van der Waals surface area contributed by atoms with E-state index in [1.165, 1.54) is 18.2 Å². The maximum atomic E-state index is 13.6. The molecule has 2 rings (SSSR count). The highest BCUT2D eigenvalue weighted by molar-refractivity contribution is 5.46. The van der Waals surface area contributed by atoms with Gasteiger partial charge in [-0.15, -0.1) is 0 Å². The fourth-order valence-electron chi connectivity index (χ4n) is 1.95. The lowest BCUT2D eigenvalue weighted by Crippen LogP contribution is -2.10. The summed E-state index contributed by atoms with van der Waals surface area (Å²) >= 11 is 0. The summed E-state index contributed by atoms with van der Waals surface area (Å²) in [4.78, 5) is 0. The molecule has 2 aromatic carbocycles. The zero-order valence-electron chi connectivity index (χ0n) is 10.5. The van der Waals surface area contributed by atoms with Crippen molar-refractivity contribution < 1.29 is 13.9 Å². The van der Waals surface area contributed by atoms with Crippen LogP contribution in [-0.2, 0) is 6.61 Å². The molecule has 0 spiro atoms. The molecule has 0 saturated carbocycles. The maximum Gasteiger partial charge on any atom is 0.131 e. The van der Waals surface area contributed by atoms with E-state index in [1.54, 1.807) is 31.2 Å². The van der Waals surface area contributed by atoms with Crippen LogP contribution in [0.25, 0.3) is 0 Å². The van der Waals surface area contributed by atoms with Gasteiger partial charge in [-0.2, -0.15) is 0 Å². The van der Waals surface area contributed by atoms with Crippen LogP contribution in [0.15, 0.2) is 42.5 Å². The Morgan fingerprint density at radius 2 is 1.63 bits per heavy atom. The molecule has 2 nitrogen and oxygen atoms in total. The van der Waals surface area contributed by atoms with Crippen molar-refractivity contribution in [1.82, 2.24) is 0 Å². The zero-order chi connectivity index (χ0) is 13.8. The van der Waals surface area contributed by atoms with Crippen LogP contribution in [0, 0.1) is 11.6 Å². The number of anilines is 1. The lowest BCUT2D eigenvalue weighted by atomic mass is 10.1. The Bertz CT molecular complexity index is 534. The molecule has 0 amide bonds. The second-order valence-corrected chi connectivity index (χ2v) is 4.36. The fourth-order valence-corrected chi connectivity index (χ4v) is 1.95. The van der Waals surface area contributed by atoms with Crippen LogP contribution in [0.1, 0.15) is 24.1 Å². The SMILES string of the molecule is CC(Nc1ccc(CO)cc1)c1c(F)cccc1F. The fraction of sp³-hybridized carbons (Fsp3) is 0.200. The molecular formula is C15H15F2NO. The van der Waals surface area contributed by atoms with Gasteiger partial charge in [0.05, 0.1) is 12.6 Å². The number of hydrogen-bond donors (Lipinski definition) is 2. The molecule has 0 aliphatic rings. The molecule has 2 N–H and O–H groups in total. The van der Waals surface area contributed by atoms with E-state index in [-0.39, 0.29) is 12.2 Å². The van der Waals surface area contributed by atoms with Crippen molar-refractivity contribution in [3.63, 3.8) is 0 Å². The average Bonchev–Trinajstić information content (AvgIpc) is 2.39. The maximum absolute atomic E-state index is 13.6. The summed E-state index contributed by atoms with van der Waals surface area (Å²) in [6, 6.07) is 10.4. The first-order valence-corrected chi connectivity index (χ1v) is 6.02. The summed E-state index contributed by atoms with van der Waals surface area (Å²) in [5.41, 5.74) is 1.55. The molecule has 100 valence electrons. The second kappa shape index (κ2) is 5.80. The van der Waals surface area contributed by atoms with Crippen molar-refractivity contribution in [2.75, 3.05) is 5.32 Å². The van der Waals surface area contributed by atoms with E-state index in [1.807, 2.05) is 0 Å². The molecule has 2 aromatic rings. The Morgan fingerprint density at radius 1 is 1.05 bits per heavy atom. The van der Waals surface area contributed by atoms with Gasteiger partial charge in [-0.25, -0.2) is 8.78 Å². The number of aliphatic hydroxyl groups excluding tert-OH is 1. The Labute approximate surface area is 110 Å². The van der Waals surface area contributed by atoms with Crippen LogP contribution in [0.2, 0.25) is 0 Å². The summed E-state index contributed by atoms with van der Waals surface area (Å²) in [6.07, 6.45) is 0.